The van der Waals surface area contributed by atoms with Crippen LogP contribution in [0.2, 0.25) is 0 Å². The van der Waals surface area contributed by atoms with Crippen molar-refractivity contribution in [2.45, 2.75) is 52.2 Å². The van der Waals surface area contributed by atoms with Crippen LogP contribution in [0, 0.1) is 0 Å². The maximum absolute atomic E-state index is 5.99. The largest absolute Gasteiger partial charge is 0.468 e. The minimum Gasteiger partial charge on any atom is -0.468 e. The maximum atomic E-state index is 5.99. The normalized spacial score (nSPS) is 11.4. The summed E-state index contributed by atoms with van der Waals surface area (Å²) in [6.07, 6.45) is 6.61. The Bertz CT molecular complexity index is 658. The Morgan fingerprint density at radius 2 is 1.85 bits per heavy atom. The summed E-state index contributed by atoms with van der Waals surface area (Å²) < 4.78 is 5.42. The summed E-state index contributed by atoms with van der Waals surface area (Å²) in [6, 6.07) is 12.3. The van der Waals surface area contributed by atoms with Crippen molar-refractivity contribution in [1.29, 1.82) is 0 Å². The molecule has 150 valence electrons. The summed E-state index contributed by atoms with van der Waals surface area (Å²) in [7, 11) is 2.09. The first-order valence-electron chi connectivity index (χ1n) is 9.50. The molecular weight excluding hydrogens is 451 g/mol. The van der Waals surface area contributed by atoms with E-state index < -0.39 is 0 Å². The van der Waals surface area contributed by atoms with Gasteiger partial charge in [0, 0.05) is 13.1 Å². The van der Waals surface area contributed by atoms with Gasteiger partial charge < -0.3 is 15.5 Å². The summed E-state index contributed by atoms with van der Waals surface area (Å²) in [5.41, 5.74) is 8.46. The smallest absolute Gasteiger partial charge is 0.188 e. The number of rotatable bonds is 11. The molecule has 2 rings (SSSR count). The summed E-state index contributed by atoms with van der Waals surface area (Å²) in [6.45, 7) is 5.33. The third kappa shape index (κ3) is 9.28. The SMILES string of the molecule is CCCCCCNC(N)=NCc1ccccc1CN(C)Cc1ccco1.I. The average Bonchev–Trinajstić information content (AvgIpc) is 3.13. The molecule has 3 N–H and O–H groups in total. The number of hydrogen-bond donors (Lipinski definition) is 2. The van der Waals surface area contributed by atoms with Crippen LogP contribution in [0.1, 0.15) is 49.5 Å². The molecule has 5 nitrogen and oxygen atoms in total. The molecular formula is C21H33IN4O. The first-order chi connectivity index (χ1) is 12.7. The molecule has 0 spiro atoms. The third-order valence-corrected chi connectivity index (χ3v) is 4.32. The Morgan fingerprint density at radius 1 is 1.07 bits per heavy atom. The van der Waals surface area contributed by atoms with Crippen molar-refractivity contribution >= 4 is 29.9 Å². The second kappa shape index (κ2) is 13.6. The van der Waals surface area contributed by atoms with Gasteiger partial charge in [-0.1, -0.05) is 50.5 Å². The zero-order valence-electron chi connectivity index (χ0n) is 16.5. The van der Waals surface area contributed by atoms with Crippen molar-refractivity contribution < 1.29 is 4.42 Å². The topological polar surface area (TPSA) is 66.8 Å². The third-order valence-electron chi connectivity index (χ3n) is 4.32. The number of halogens is 1. The van der Waals surface area contributed by atoms with Crippen molar-refractivity contribution in [2.75, 3.05) is 13.6 Å². The van der Waals surface area contributed by atoms with Gasteiger partial charge in [0.2, 0.25) is 0 Å². The molecule has 27 heavy (non-hydrogen) atoms. The van der Waals surface area contributed by atoms with Crippen LogP contribution in [-0.2, 0) is 19.6 Å². The van der Waals surface area contributed by atoms with Gasteiger partial charge in [0.15, 0.2) is 5.96 Å². The number of nitrogens with one attached hydrogen (secondary N) is 1. The fourth-order valence-electron chi connectivity index (χ4n) is 2.88. The molecule has 0 saturated carbocycles. The first-order valence-corrected chi connectivity index (χ1v) is 9.50. The van der Waals surface area contributed by atoms with E-state index in [-0.39, 0.29) is 24.0 Å². The molecule has 0 atom stereocenters. The highest BCUT2D eigenvalue weighted by atomic mass is 127. The second-order valence-corrected chi connectivity index (χ2v) is 6.71. The molecule has 1 aromatic carbocycles. The van der Waals surface area contributed by atoms with E-state index in [4.69, 9.17) is 10.2 Å². The van der Waals surface area contributed by atoms with Gasteiger partial charge in [-0.25, -0.2) is 4.99 Å². The molecule has 1 aromatic heterocycles. The van der Waals surface area contributed by atoms with E-state index in [1.807, 2.05) is 12.1 Å². The summed E-state index contributed by atoms with van der Waals surface area (Å²) in [5.74, 6) is 1.50. The molecule has 0 amide bonds. The second-order valence-electron chi connectivity index (χ2n) is 6.71. The lowest BCUT2D eigenvalue weighted by Crippen LogP contribution is -2.32. The highest BCUT2D eigenvalue weighted by Gasteiger charge is 2.07. The molecule has 0 unspecified atom stereocenters. The Hall–Kier alpha value is -1.54. The summed E-state index contributed by atoms with van der Waals surface area (Å²) in [4.78, 5) is 6.74. The van der Waals surface area contributed by atoms with Crippen LogP contribution in [0.5, 0.6) is 0 Å². The Labute approximate surface area is 180 Å². The standard InChI is InChI=1S/C21H32N4O.HI/c1-3-4-5-8-13-23-21(22)24-15-18-10-6-7-11-19(18)16-25(2)17-20-12-9-14-26-20;/h6-7,9-12,14H,3-5,8,13,15-17H2,1-2H3,(H3,22,23,24);1H. The van der Waals surface area contributed by atoms with Crippen molar-refractivity contribution in [3.8, 4) is 0 Å². The fraction of sp³-hybridized carbons (Fsp3) is 0.476. The number of nitrogens with two attached hydrogens (primary N) is 1. The summed E-state index contributed by atoms with van der Waals surface area (Å²) in [5, 5.41) is 3.21. The van der Waals surface area contributed by atoms with Crippen LogP contribution in [0.3, 0.4) is 0 Å². The quantitative estimate of drug-likeness (QED) is 0.213. The monoisotopic (exact) mass is 484 g/mol. The minimum atomic E-state index is 0. The van der Waals surface area contributed by atoms with Gasteiger partial charge in [0.05, 0.1) is 19.4 Å². The predicted octanol–water partition coefficient (Wildman–Crippen LogP) is 4.51. The maximum Gasteiger partial charge on any atom is 0.188 e. The van der Waals surface area contributed by atoms with Gasteiger partial charge in [0.1, 0.15) is 5.76 Å². The van der Waals surface area contributed by atoms with E-state index >= 15 is 0 Å². The van der Waals surface area contributed by atoms with Gasteiger partial charge in [-0.3, -0.25) is 4.90 Å². The lowest BCUT2D eigenvalue weighted by molar-refractivity contribution is 0.287. The molecule has 1 heterocycles. The van der Waals surface area contributed by atoms with Crippen LogP contribution in [-0.4, -0.2) is 24.5 Å². The van der Waals surface area contributed by atoms with Crippen molar-refractivity contribution in [3.63, 3.8) is 0 Å². The van der Waals surface area contributed by atoms with E-state index in [0.717, 1.165) is 31.8 Å². The molecule has 0 fully saturated rings. The van der Waals surface area contributed by atoms with Gasteiger partial charge in [-0.05, 0) is 36.7 Å². The van der Waals surface area contributed by atoms with Crippen LogP contribution >= 0.6 is 24.0 Å². The van der Waals surface area contributed by atoms with Crippen molar-refractivity contribution in [3.05, 3.63) is 59.5 Å². The molecule has 2 aromatic rings. The number of benzene rings is 1. The van der Waals surface area contributed by atoms with Gasteiger partial charge >= 0.3 is 0 Å². The van der Waals surface area contributed by atoms with Crippen LogP contribution in [0.4, 0.5) is 0 Å². The lowest BCUT2D eigenvalue weighted by Gasteiger charge is -2.17. The fourth-order valence-corrected chi connectivity index (χ4v) is 2.88. The van der Waals surface area contributed by atoms with E-state index in [1.54, 1.807) is 6.26 Å². The van der Waals surface area contributed by atoms with Crippen LogP contribution in [0.15, 0.2) is 52.1 Å². The number of furan rings is 1. The zero-order valence-corrected chi connectivity index (χ0v) is 18.8. The lowest BCUT2D eigenvalue weighted by atomic mass is 10.1. The van der Waals surface area contributed by atoms with E-state index in [9.17, 15) is 0 Å². The average molecular weight is 484 g/mol. The van der Waals surface area contributed by atoms with Crippen LogP contribution in [0.25, 0.3) is 0 Å². The molecule has 0 radical (unpaired) electrons. The van der Waals surface area contributed by atoms with E-state index in [2.05, 4.69) is 53.4 Å². The van der Waals surface area contributed by atoms with E-state index in [1.165, 1.54) is 30.4 Å². The molecule has 6 heteroatoms. The van der Waals surface area contributed by atoms with Crippen LogP contribution < -0.4 is 11.1 Å². The number of guanidine groups is 1. The molecule has 0 bridgehead atoms. The molecule has 0 aliphatic rings. The van der Waals surface area contributed by atoms with Crippen molar-refractivity contribution in [2.24, 2.45) is 10.7 Å². The van der Waals surface area contributed by atoms with Gasteiger partial charge in [0.25, 0.3) is 0 Å². The zero-order chi connectivity index (χ0) is 18.6. The number of hydrogen-bond acceptors (Lipinski definition) is 3. The van der Waals surface area contributed by atoms with Gasteiger partial charge in [-0.15, -0.1) is 24.0 Å². The minimum absolute atomic E-state index is 0. The highest BCUT2D eigenvalue weighted by Crippen LogP contribution is 2.14. The van der Waals surface area contributed by atoms with E-state index in [0.29, 0.717) is 12.5 Å². The predicted molar refractivity (Wildman–Crippen MR) is 123 cm³/mol. The molecule has 0 aliphatic heterocycles. The summed E-state index contributed by atoms with van der Waals surface area (Å²) >= 11 is 0. The first kappa shape index (κ1) is 23.5. The number of aliphatic imine (C=N–C) groups is 1. The highest BCUT2D eigenvalue weighted by molar-refractivity contribution is 14.0. The Kier molecular flexibility index (Phi) is 11.8. The Morgan fingerprint density at radius 3 is 2.56 bits per heavy atom. The molecule has 0 aliphatic carbocycles. The van der Waals surface area contributed by atoms with Gasteiger partial charge in [-0.2, -0.15) is 0 Å². The van der Waals surface area contributed by atoms with Crippen molar-refractivity contribution in [1.82, 2.24) is 10.2 Å². The Balaban J connectivity index is 0.00000364. The molecule has 0 saturated heterocycles. The number of nitrogens with zero attached hydrogens (tertiary/aromatic N) is 2. The number of unbranched alkanes of at least 4 members (excludes halogenated alkanes) is 3.